The van der Waals surface area contributed by atoms with Crippen molar-refractivity contribution in [1.82, 2.24) is 14.8 Å². The van der Waals surface area contributed by atoms with Crippen LogP contribution in [0.4, 0.5) is 11.4 Å². The number of nitro groups is 1. The zero-order chi connectivity index (χ0) is 18.7. The molecular weight excluding hydrogens is 334 g/mol. The average molecular weight is 357 g/mol. The lowest BCUT2D eigenvalue weighted by Gasteiger charge is -2.33. The van der Waals surface area contributed by atoms with Gasteiger partial charge in [0.05, 0.1) is 16.9 Å². The van der Waals surface area contributed by atoms with Crippen molar-refractivity contribution < 1.29 is 9.72 Å². The van der Waals surface area contributed by atoms with Crippen molar-refractivity contribution in [1.29, 1.82) is 0 Å². The van der Waals surface area contributed by atoms with Gasteiger partial charge in [0, 0.05) is 62.8 Å². The molecule has 26 heavy (non-hydrogen) atoms. The van der Waals surface area contributed by atoms with Crippen molar-refractivity contribution in [3.05, 3.63) is 40.7 Å². The normalized spacial score (nSPS) is 15.8. The molecule has 3 rings (SSSR count). The number of rotatable bonds is 5. The zero-order valence-corrected chi connectivity index (χ0v) is 15.0. The van der Waals surface area contributed by atoms with Gasteiger partial charge in [-0.1, -0.05) is 0 Å². The highest BCUT2D eigenvalue weighted by atomic mass is 16.6. The number of amides is 1. The van der Waals surface area contributed by atoms with Gasteiger partial charge in [0.1, 0.15) is 0 Å². The lowest BCUT2D eigenvalue weighted by molar-refractivity contribution is -0.383. The number of likely N-dealkylation sites (tertiary alicyclic amines) is 1. The Morgan fingerprint density at radius 1 is 1.31 bits per heavy atom. The van der Waals surface area contributed by atoms with E-state index in [9.17, 15) is 14.9 Å². The van der Waals surface area contributed by atoms with Gasteiger partial charge in [-0.05, 0) is 25.0 Å². The molecule has 0 aliphatic carbocycles. The number of carbonyl (C=O) groups excluding carboxylic acids is 1. The van der Waals surface area contributed by atoms with Gasteiger partial charge in [-0.3, -0.25) is 24.8 Å². The summed E-state index contributed by atoms with van der Waals surface area (Å²) in [6.45, 7) is 2.15. The Labute approximate surface area is 151 Å². The molecule has 0 spiro atoms. The van der Waals surface area contributed by atoms with Crippen molar-refractivity contribution >= 4 is 28.1 Å². The van der Waals surface area contributed by atoms with Crippen LogP contribution in [0.25, 0.3) is 10.8 Å². The summed E-state index contributed by atoms with van der Waals surface area (Å²) in [5.41, 5.74) is 0.950. The lowest BCUT2D eigenvalue weighted by atomic mass is 10.0. The molecule has 1 aliphatic heterocycles. The molecule has 0 bridgehead atoms. The number of benzene rings is 1. The van der Waals surface area contributed by atoms with E-state index in [1.807, 2.05) is 0 Å². The van der Waals surface area contributed by atoms with Gasteiger partial charge >= 0.3 is 0 Å². The Bertz CT molecular complexity index is 816. The fourth-order valence-electron chi connectivity index (χ4n) is 3.25. The van der Waals surface area contributed by atoms with Crippen LogP contribution in [-0.2, 0) is 4.79 Å². The van der Waals surface area contributed by atoms with Gasteiger partial charge in [0.15, 0.2) is 0 Å². The molecule has 0 saturated carbocycles. The van der Waals surface area contributed by atoms with E-state index in [1.54, 1.807) is 37.3 Å². The summed E-state index contributed by atoms with van der Waals surface area (Å²) in [5, 5.41) is 16.1. The largest absolute Gasteiger partial charge is 0.382 e. The molecule has 2 heterocycles. The second-order valence-electron chi connectivity index (χ2n) is 6.79. The smallest absolute Gasteiger partial charge is 0.278 e. The number of hydrogen-bond donors (Lipinski definition) is 1. The second-order valence-corrected chi connectivity index (χ2v) is 6.79. The number of likely N-dealkylation sites (N-methyl/N-ethyl adjacent to an activating group) is 1. The molecule has 8 heteroatoms. The van der Waals surface area contributed by atoms with E-state index in [2.05, 4.69) is 15.2 Å². The molecule has 0 atom stereocenters. The van der Waals surface area contributed by atoms with Crippen LogP contribution in [0, 0.1) is 10.1 Å². The highest BCUT2D eigenvalue weighted by Gasteiger charge is 2.22. The monoisotopic (exact) mass is 357 g/mol. The minimum absolute atomic E-state index is 0.0654. The average Bonchev–Trinajstić information content (AvgIpc) is 2.63. The lowest BCUT2D eigenvalue weighted by Crippen LogP contribution is -2.43. The number of aromatic nitrogens is 1. The van der Waals surface area contributed by atoms with E-state index in [1.165, 1.54) is 12.3 Å². The van der Waals surface area contributed by atoms with Gasteiger partial charge in [-0.2, -0.15) is 0 Å². The SMILES string of the molecule is CN(C)C(=O)CN1CCC(Nc2ccc([N+](=O)[O-])c3cnccc23)CC1. The molecule has 2 aromatic rings. The Morgan fingerprint density at radius 2 is 2.04 bits per heavy atom. The molecule has 1 fully saturated rings. The predicted molar refractivity (Wildman–Crippen MR) is 100 cm³/mol. The van der Waals surface area contributed by atoms with Crippen LogP contribution < -0.4 is 5.32 Å². The molecule has 0 radical (unpaired) electrons. The van der Waals surface area contributed by atoms with Crippen molar-refractivity contribution in [2.75, 3.05) is 39.0 Å². The zero-order valence-electron chi connectivity index (χ0n) is 15.0. The summed E-state index contributed by atoms with van der Waals surface area (Å²) < 4.78 is 0. The van der Waals surface area contributed by atoms with Crippen LogP contribution in [0.2, 0.25) is 0 Å². The van der Waals surface area contributed by atoms with E-state index in [4.69, 9.17) is 0 Å². The predicted octanol–water partition coefficient (Wildman–Crippen LogP) is 2.11. The maximum Gasteiger partial charge on any atom is 0.278 e. The first kappa shape index (κ1) is 18.1. The van der Waals surface area contributed by atoms with Crippen LogP contribution in [-0.4, -0.2) is 65.4 Å². The molecule has 8 nitrogen and oxygen atoms in total. The third-order valence-corrected chi connectivity index (χ3v) is 4.80. The molecule has 138 valence electrons. The van der Waals surface area contributed by atoms with Gasteiger partial charge < -0.3 is 10.2 Å². The molecular formula is C18H23N5O3. The molecule has 1 N–H and O–H groups in total. The highest BCUT2D eigenvalue weighted by Crippen LogP contribution is 2.31. The first-order chi connectivity index (χ1) is 12.5. The number of hydrogen-bond acceptors (Lipinski definition) is 6. The quantitative estimate of drug-likeness (QED) is 0.651. The highest BCUT2D eigenvalue weighted by molar-refractivity contribution is 5.99. The van der Waals surface area contributed by atoms with Crippen molar-refractivity contribution in [3.63, 3.8) is 0 Å². The fourth-order valence-corrected chi connectivity index (χ4v) is 3.25. The second kappa shape index (κ2) is 7.65. The summed E-state index contributed by atoms with van der Waals surface area (Å²) in [4.78, 5) is 30.5. The first-order valence-electron chi connectivity index (χ1n) is 8.66. The molecule has 1 aromatic heterocycles. The number of fused-ring (bicyclic) bond motifs is 1. The third-order valence-electron chi connectivity index (χ3n) is 4.80. The van der Waals surface area contributed by atoms with Gasteiger partial charge in [0.25, 0.3) is 5.69 Å². The molecule has 1 aromatic carbocycles. The molecule has 1 amide bonds. The first-order valence-corrected chi connectivity index (χ1v) is 8.66. The topological polar surface area (TPSA) is 91.6 Å². The summed E-state index contributed by atoms with van der Waals surface area (Å²) >= 11 is 0. The Morgan fingerprint density at radius 3 is 2.69 bits per heavy atom. The minimum Gasteiger partial charge on any atom is -0.382 e. The Hall–Kier alpha value is -2.74. The van der Waals surface area contributed by atoms with Crippen molar-refractivity contribution in [2.45, 2.75) is 18.9 Å². The number of non-ortho nitro benzene ring substituents is 1. The summed E-state index contributed by atoms with van der Waals surface area (Å²) in [7, 11) is 3.54. The molecule has 0 unspecified atom stereocenters. The number of nitrogens with zero attached hydrogens (tertiary/aromatic N) is 4. The summed E-state index contributed by atoms with van der Waals surface area (Å²) in [6.07, 6.45) is 5.02. The Balaban J connectivity index is 1.68. The number of anilines is 1. The third kappa shape index (κ3) is 3.91. The summed E-state index contributed by atoms with van der Waals surface area (Å²) in [6, 6.07) is 5.37. The minimum atomic E-state index is -0.381. The fraction of sp³-hybridized carbons (Fsp3) is 0.444. The van der Waals surface area contributed by atoms with E-state index in [-0.39, 0.29) is 22.6 Å². The Kier molecular flexibility index (Phi) is 5.32. The number of pyridine rings is 1. The number of piperidine rings is 1. The number of nitrogens with one attached hydrogen (secondary N) is 1. The van der Waals surface area contributed by atoms with Crippen LogP contribution >= 0.6 is 0 Å². The van der Waals surface area contributed by atoms with E-state index in [0.29, 0.717) is 11.9 Å². The van der Waals surface area contributed by atoms with Crippen LogP contribution in [0.1, 0.15) is 12.8 Å². The van der Waals surface area contributed by atoms with E-state index >= 15 is 0 Å². The molecule has 1 saturated heterocycles. The maximum absolute atomic E-state index is 11.8. The van der Waals surface area contributed by atoms with Gasteiger partial charge in [-0.15, -0.1) is 0 Å². The van der Waals surface area contributed by atoms with E-state index < -0.39 is 0 Å². The van der Waals surface area contributed by atoms with Crippen LogP contribution in [0.5, 0.6) is 0 Å². The number of carbonyl (C=O) groups is 1. The van der Waals surface area contributed by atoms with Crippen LogP contribution in [0.15, 0.2) is 30.6 Å². The standard InChI is InChI=1S/C18H23N5O3/c1-21(2)18(24)12-22-9-6-13(7-10-22)20-16-3-4-17(23(25)26)15-11-19-8-5-14(15)16/h3-5,8,11,13,20H,6-7,9-10,12H2,1-2H3. The van der Waals surface area contributed by atoms with Gasteiger partial charge in [-0.25, -0.2) is 0 Å². The van der Waals surface area contributed by atoms with E-state index in [0.717, 1.165) is 37.0 Å². The van der Waals surface area contributed by atoms with Crippen molar-refractivity contribution in [2.24, 2.45) is 0 Å². The van der Waals surface area contributed by atoms with Gasteiger partial charge in [0.2, 0.25) is 5.91 Å². The maximum atomic E-state index is 11.8. The molecule has 1 aliphatic rings. The van der Waals surface area contributed by atoms with Crippen LogP contribution in [0.3, 0.4) is 0 Å². The van der Waals surface area contributed by atoms with Crippen molar-refractivity contribution in [3.8, 4) is 0 Å². The summed E-state index contributed by atoms with van der Waals surface area (Å²) in [5.74, 6) is 0.116. The number of nitro benzene ring substituents is 1.